The molecule has 0 spiro atoms. The maximum Gasteiger partial charge on any atom is 0.122 e. The predicted octanol–water partition coefficient (Wildman–Crippen LogP) is 5.70. The van der Waals surface area contributed by atoms with Crippen LogP contribution in [0.2, 0.25) is 0 Å². The molecule has 1 atom stereocenters. The van der Waals surface area contributed by atoms with E-state index in [1.807, 2.05) is 0 Å². The number of nitrogens with one attached hydrogen (secondary N) is 1. The Kier molecular flexibility index (Phi) is 11.2. The summed E-state index contributed by atoms with van der Waals surface area (Å²) >= 11 is 0. The Labute approximate surface area is 155 Å². The Morgan fingerprint density at radius 1 is 1.04 bits per heavy atom. The van der Waals surface area contributed by atoms with Crippen molar-refractivity contribution in [1.82, 2.24) is 5.32 Å². The van der Waals surface area contributed by atoms with Gasteiger partial charge in [0.15, 0.2) is 0 Å². The molecule has 1 aromatic carbocycles. The molecule has 24 heavy (non-hydrogen) atoms. The van der Waals surface area contributed by atoms with Crippen molar-refractivity contribution in [2.45, 2.75) is 83.6 Å². The third-order valence-electron chi connectivity index (χ3n) is 5.12. The Balaban J connectivity index is 0.00000288. The molecule has 138 valence electrons. The zero-order chi connectivity index (χ0) is 16.3. The van der Waals surface area contributed by atoms with Gasteiger partial charge in [0.2, 0.25) is 0 Å². The van der Waals surface area contributed by atoms with E-state index in [4.69, 9.17) is 4.74 Å². The van der Waals surface area contributed by atoms with E-state index in [1.54, 1.807) is 7.11 Å². The highest BCUT2D eigenvalue weighted by molar-refractivity contribution is 5.85. The highest BCUT2D eigenvalue weighted by atomic mass is 35.5. The molecular formula is C21H36ClNO. The summed E-state index contributed by atoms with van der Waals surface area (Å²) in [5.74, 6) is 1.07. The molecule has 0 aliphatic heterocycles. The van der Waals surface area contributed by atoms with E-state index in [0.717, 1.165) is 18.6 Å². The van der Waals surface area contributed by atoms with Crippen molar-refractivity contribution in [3.05, 3.63) is 29.3 Å². The molecule has 2 nitrogen and oxygen atoms in total. The lowest BCUT2D eigenvalue weighted by Crippen LogP contribution is -2.35. The van der Waals surface area contributed by atoms with Gasteiger partial charge < -0.3 is 10.1 Å². The van der Waals surface area contributed by atoms with Crippen molar-refractivity contribution in [3.63, 3.8) is 0 Å². The number of hydrogen-bond acceptors (Lipinski definition) is 2. The fourth-order valence-corrected chi connectivity index (χ4v) is 3.70. The summed E-state index contributed by atoms with van der Waals surface area (Å²) in [6.45, 7) is 3.46. The van der Waals surface area contributed by atoms with E-state index in [1.165, 1.54) is 75.5 Å². The van der Waals surface area contributed by atoms with Crippen LogP contribution in [0, 0.1) is 0 Å². The van der Waals surface area contributed by atoms with Crippen LogP contribution in [0.25, 0.3) is 0 Å². The number of ether oxygens (including phenoxy) is 1. The zero-order valence-corrected chi connectivity index (χ0v) is 16.4. The highest BCUT2D eigenvalue weighted by Crippen LogP contribution is 2.29. The molecule has 1 unspecified atom stereocenters. The van der Waals surface area contributed by atoms with Crippen LogP contribution in [0.4, 0.5) is 0 Å². The lowest BCUT2D eigenvalue weighted by molar-refractivity contribution is 0.396. The fourth-order valence-electron chi connectivity index (χ4n) is 3.70. The summed E-state index contributed by atoms with van der Waals surface area (Å²) in [6.07, 6.45) is 14.7. The number of rotatable bonds is 11. The maximum atomic E-state index is 5.49. The van der Waals surface area contributed by atoms with Crippen LogP contribution in [-0.4, -0.2) is 19.7 Å². The third-order valence-corrected chi connectivity index (χ3v) is 5.12. The molecular weight excluding hydrogens is 318 g/mol. The van der Waals surface area contributed by atoms with E-state index in [9.17, 15) is 0 Å². The van der Waals surface area contributed by atoms with Crippen LogP contribution in [0.5, 0.6) is 5.75 Å². The van der Waals surface area contributed by atoms with Gasteiger partial charge in [0.1, 0.15) is 5.75 Å². The summed E-state index contributed by atoms with van der Waals surface area (Å²) in [5, 5.41) is 3.77. The van der Waals surface area contributed by atoms with Crippen LogP contribution < -0.4 is 10.1 Å². The van der Waals surface area contributed by atoms with Crippen molar-refractivity contribution in [2.75, 3.05) is 13.7 Å². The number of methoxy groups -OCH3 is 1. The Morgan fingerprint density at radius 2 is 1.75 bits per heavy atom. The number of hydrogen-bond donors (Lipinski definition) is 1. The summed E-state index contributed by atoms with van der Waals surface area (Å²) in [4.78, 5) is 0. The molecule has 0 heterocycles. The fraction of sp³-hybridized carbons (Fsp3) is 0.714. The molecule has 2 rings (SSSR count). The first-order valence-corrected chi connectivity index (χ1v) is 9.73. The van der Waals surface area contributed by atoms with E-state index >= 15 is 0 Å². The van der Waals surface area contributed by atoms with Crippen molar-refractivity contribution >= 4 is 12.4 Å². The van der Waals surface area contributed by atoms with E-state index < -0.39 is 0 Å². The largest absolute Gasteiger partial charge is 0.496 e. The normalized spacial score (nSPS) is 16.3. The lowest BCUT2D eigenvalue weighted by atomic mass is 9.87. The molecule has 1 N–H and O–H groups in total. The molecule has 0 radical (unpaired) electrons. The third kappa shape index (κ3) is 7.03. The van der Waals surface area contributed by atoms with Crippen LogP contribution in [0.1, 0.15) is 75.8 Å². The first-order valence-electron chi connectivity index (χ1n) is 9.73. The average molecular weight is 354 g/mol. The van der Waals surface area contributed by atoms with Gasteiger partial charge >= 0.3 is 0 Å². The van der Waals surface area contributed by atoms with E-state index in [0.29, 0.717) is 6.04 Å². The molecule has 3 heteroatoms. The summed E-state index contributed by atoms with van der Waals surface area (Å²) in [6, 6.07) is 7.13. The number of halogens is 1. The van der Waals surface area contributed by atoms with Crippen molar-refractivity contribution in [3.8, 4) is 5.75 Å². The first-order chi connectivity index (χ1) is 11.3. The number of unbranched alkanes of at least 4 members (excludes halogenated alkanes) is 7. The van der Waals surface area contributed by atoms with Gasteiger partial charge in [0, 0.05) is 6.04 Å². The Morgan fingerprint density at radius 3 is 2.46 bits per heavy atom. The van der Waals surface area contributed by atoms with Crippen LogP contribution in [0.3, 0.4) is 0 Å². The molecule has 0 saturated carbocycles. The van der Waals surface area contributed by atoms with E-state index in [-0.39, 0.29) is 12.4 Å². The summed E-state index contributed by atoms with van der Waals surface area (Å²) in [7, 11) is 1.78. The SMILES string of the molecule is CCCCCCCCCCNC1CCc2c(cccc2OC)C1.Cl. The van der Waals surface area contributed by atoms with E-state index in [2.05, 4.69) is 30.4 Å². The first kappa shape index (κ1) is 21.3. The number of fused-ring (bicyclic) bond motifs is 1. The minimum Gasteiger partial charge on any atom is -0.496 e. The van der Waals surface area contributed by atoms with Crippen LogP contribution in [-0.2, 0) is 12.8 Å². The zero-order valence-electron chi connectivity index (χ0n) is 15.6. The van der Waals surface area contributed by atoms with Crippen LogP contribution >= 0.6 is 12.4 Å². The average Bonchev–Trinajstić information content (AvgIpc) is 2.59. The summed E-state index contributed by atoms with van der Waals surface area (Å²) < 4.78 is 5.49. The quantitative estimate of drug-likeness (QED) is 0.515. The van der Waals surface area contributed by atoms with Crippen molar-refractivity contribution < 1.29 is 4.74 Å². The smallest absolute Gasteiger partial charge is 0.122 e. The minimum absolute atomic E-state index is 0. The van der Waals surface area contributed by atoms with Gasteiger partial charge in [0.05, 0.1) is 7.11 Å². The van der Waals surface area contributed by atoms with Gasteiger partial charge in [-0.2, -0.15) is 0 Å². The van der Waals surface area contributed by atoms with Gasteiger partial charge in [-0.1, -0.05) is 64.0 Å². The Bertz CT molecular complexity index is 449. The molecule has 0 aromatic heterocycles. The monoisotopic (exact) mass is 353 g/mol. The molecule has 0 fully saturated rings. The minimum atomic E-state index is 0. The standard InChI is InChI=1S/C21H35NO.ClH/c1-3-4-5-6-7-8-9-10-16-22-19-14-15-20-18(17-19)12-11-13-21(20)23-2;/h11-13,19,22H,3-10,14-17H2,1-2H3;1H. The van der Waals surface area contributed by atoms with Crippen molar-refractivity contribution in [2.24, 2.45) is 0 Å². The molecule has 1 aliphatic rings. The molecule has 1 aliphatic carbocycles. The topological polar surface area (TPSA) is 21.3 Å². The summed E-state index contributed by atoms with van der Waals surface area (Å²) in [5.41, 5.74) is 2.91. The van der Waals surface area contributed by atoms with Gasteiger partial charge in [0.25, 0.3) is 0 Å². The molecule has 1 aromatic rings. The van der Waals surface area contributed by atoms with Gasteiger partial charge in [-0.25, -0.2) is 0 Å². The van der Waals surface area contributed by atoms with Crippen molar-refractivity contribution in [1.29, 1.82) is 0 Å². The lowest BCUT2D eigenvalue weighted by Gasteiger charge is -2.26. The Hall–Kier alpha value is -0.730. The second-order valence-electron chi connectivity index (χ2n) is 6.97. The van der Waals surface area contributed by atoms with Crippen LogP contribution in [0.15, 0.2) is 18.2 Å². The molecule has 0 bridgehead atoms. The second kappa shape index (κ2) is 12.6. The molecule has 0 saturated heterocycles. The maximum absolute atomic E-state index is 5.49. The second-order valence-corrected chi connectivity index (χ2v) is 6.97. The molecule has 0 amide bonds. The highest BCUT2D eigenvalue weighted by Gasteiger charge is 2.20. The van der Waals surface area contributed by atoms with Gasteiger partial charge in [-0.3, -0.25) is 0 Å². The predicted molar refractivity (Wildman–Crippen MR) is 107 cm³/mol. The van der Waals surface area contributed by atoms with Gasteiger partial charge in [-0.15, -0.1) is 12.4 Å². The number of benzene rings is 1. The van der Waals surface area contributed by atoms with Gasteiger partial charge in [-0.05, 0) is 49.4 Å².